The largest absolute Gasteiger partial charge is 0.352 e. The van der Waals surface area contributed by atoms with Crippen LogP contribution in [0.4, 0.5) is 0 Å². The number of nitrogens with zero attached hydrogens (tertiary/aromatic N) is 1. The zero-order valence-corrected chi connectivity index (χ0v) is 12.5. The van der Waals surface area contributed by atoms with Crippen LogP contribution in [0.5, 0.6) is 0 Å². The molecule has 2 aliphatic rings. The molecule has 1 amide bonds. The number of likely N-dealkylation sites (tertiary alicyclic amines) is 1. The second kappa shape index (κ2) is 6.71. The van der Waals surface area contributed by atoms with Crippen molar-refractivity contribution in [2.24, 2.45) is 5.41 Å². The number of carbonyl (C=O) groups excluding carboxylic acids is 1. The molecule has 0 bridgehead atoms. The van der Waals surface area contributed by atoms with Crippen molar-refractivity contribution in [1.29, 1.82) is 0 Å². The Kier molecular flexibility index (Phi) is 5.22. The Hall–Kier alpha value is -0.610. The molecule has 4 nitrogen and oxygen atoms in total. The summed E-state index contributed by atoms with van der Waals surface area (Å²) >= 11 is 0. The molecule has 4 heteroatoms. The Labute approximate surface area is 117 Å². The molecule has 2 aliphatic heterocycles. The standard InChI is InChI=1S/C15H29N3O/c1-3-15(8-6-9-16-12-15)14(19)17-13-7-5-10-18(4-2)11-13/h13,16H,3-12H2,1-2H3,(H,17,19). The number of nitrogens with one attached hydrogen (secondary N) is 2. The van der Waals surface area contributed by atoms with Gasteiger partial charge in [0, 0.05) is 19.1 Å². The fourth-order valence-corrected chi connectivity index (χ4v) is 3.42. The summed E-state index contributed by atoms with van der Waals surface area (Å²) in [5.41, 5.74) is -0.160. The third-order valence-corrected chi connectivity index (χ3v) is 4.92. The van der Waals surface area contributed by atoms with Crippen LogP contribution in [0.3, 0.4) is 0 Å². The van der Waals surface area contributed by atoms with Crippen LogP contribution in [0.1, 0.15) is 46.0 Å². The van der Waals surface area contributed by atoms with E-state index in [1.54, 1.807) is 0 Å². The molecule has 2 saturated heterocycles. The summed E-state index contributed by atoms with van der Waals surface area (Å²) < 4.78 is 0. The molecule has 0 radical (unpaired) electrons. The first-order chi connectivity index (χ1) is 9.20. The van der Waals surface area contributed by atoms with Gasteiger partial charge >= 0.3 is 0 Å². The fraction of sp³-hybridized carbons (Fsp3) is 0.933. The number of carbonyl (C=O) groups is 1. The van der Waals surface area contributed by atoms with E-state index >= 15 is 0 Å². The van der Waals surface area contributed by atoms with E-state index < -0.39 is 0 Å². The van der Waals surface area contributed by atoms with Gasteiger partial charge in [0.15, 0.2) is 0 Å². The number of piperidine rings is 2. The topological polar surface area (TPSA) is 44.4 Å². The number of hydrogen-bond acceptors (Lipinski definition) is 3. The maximum Gasteiger partial charge on any atom is 0.227 e. The van der Waals surface area contributed by atoms with Crippen molar-refractivity contribution in [3.05, 3.63) is 0 Å². The lowest BCUT2D eigenvalue weighted by Gasteiger charge is -2.39. The van der Waals surface area contributed by atoms with Crippen molar-refractivity contribution in [3.63, 3.8) is 0 Å². The van der Waals surface area contributed by atoms with E-state index in [2.05, 4.69) is 29.4 Å². The average Bonchev–Trinajstić information content (AvgIpc) is 2.48. The second-order valence-corrected chi connectivity index (χ2v) is 6.12. The monoisotopic (exact) mass is 267 g/mol. The second-order valence-electron chi connectivity index (χ2n) is 6.12. The molecule has 19 heavy (non-hydrogen) atoms. The summed E-state index contributed by atoms with van der Waals surface area (Å²) in [6.45, 7) is 9.54. The summed E-state index contributed by atoms with van der Waals surface area (Å²) in [7, 11) is 0. The van der Waals surface area contributed by atoms with Gasteiger partial charge in [-0.15, -0.1) is 0 Å². The van der Waals surface area contributed by atoms with Gasteiger partial charge in [0.1, 0.15) is 0 Å². The molecule has 2 N–H and O–H groups in total. The lowest BCUT2D eigenvalue weighted by Crippen LogP contribution is -2.55. The quantitative estimate of drug-likeness (QED) is 0.808. The van der Waals surface area contributed by atoms with Crippen LogP contribution in [0.15, 0.2) is 0 Å². The van der Waals surface area contributed by atoms with Gasteiger partial charge in [-0.05, 0) is 51.7 Å². The van der Waals surface area contributed by atoms with E-state index in [1.807, 2.05) is 0 Å². The van der Waals surface area contributed by atoms with Crippen molar-refractivity contribution in [2.75, 3.05) is 32.7 Å². The van der Waals surface area contributed by atoms with E-state index in [4.69, 9.17) is 0 Å². The minimum Gasteiger partial charge on any atom is -0.352 e. The van der Waals surface area contributed by atoms with Gasteiger partial charge in [0.05, 0.1) is 5.41 Å². The van der Waals surface area contributed by atoms with Crippen LogP contribution in [0.25, 0.3) is 0 Å². The van der Waals surface area contributed by atoms with E-state index in [1.165, 1.54) is 13.0 Å². The van der Waals surface area contributed by atoms with Crippen molar-refractivity contribution in [3.8, 4) is 0 Å². The molecule has 2 rings (SSSR count). The van der Waals surface area contributed by atoms with Gasteiger partial charge in [-0.2, -0.15) is 0 Å². The first kappa shape index (κ1) is 14.8. The predicted octanol–water partition coefficient (Wildman–Crippen LogP) is 1.37. The minimum absolute atomic E-state index is 0.160. The Balaban J connectivity index is 1.91. The SMILES string of the molecule is CCN1CCCC(NC(=O)C2(CC)CCCNC2)C1. The van der Waals surface area contributed by atoms with Crippen molar-refractivity contribution < 1.29 is 4.79 Å². The highest BCUT2D eigenvalue weighted by molar-refractivity contribution is 5.83. The zero-order chi connectivity index (χ0) is 13.7. The van der Waals surface area contributed by atoms with E-state index in [-0.39, 0.29) is 11.3 Å². The van der Waals surface area contributed by atoms with Crippen LogP contribution in [-0.2, 0) is 4.79 Å². The number of likely N-dealkylation sites (N-methyl/N-ethyl adjacent to an activating group) is 1. The maximum absolute atomic E-state index is 12.6. The lowest BCUT2D eigenvalue weighted by molar-refractivity contribution is -0.133. The minimum atomic E-state index is -0.160. The van der Waals surface area contributed by atoms with Gasteiger partial charge in [-0.3, -0.25) is 4.79 Å². The van der Waals surface area contributed by atoms with E-state index in [0.29, 0.717) is 6.04 Å². The van der Waals surface area contributed by atoms with Crippen LogP contribution in [0.2, 0.25) is 0 Å². The lowest BCUT2D eigenvalue weighted by atomic mass is 9.77. The molecule has 2 fully saturated rings. The van der Waals surface area contributed by atoms with Crippen molar-refractivity contribution >= 4 is 5.91 Å². The van der Waals surface area contributed by atoms with E-state index in [0.717, 1.165) is 51.9 Å². The molecule has 0 aliphatic carbocycles. The maximum atomic E-state index is 12.6. The molecule has 2 unspecified atom stereocenters. The summed E-state index contributed by atoms with van der Waals surface area (Å²) in [5.74, 6) is 0.283. The Morgan fingerprint density at radius 1 is 1.42 bits per heavy atom. The molecule has 0 aromatic rings. The van der Waals surface area contributed by atoms with Crippen LogP contribution in [-0.4, -0.2) is 49.6 Å². The van der Waals surface area contributed by atoms with Gasteiger partial charge < -0.3 is 15.5 Å². The highest BCUT2D eigenvalue weighted by Gasteiger charge is 2.38. The predicted molar refractivity (Wildman–Crippen MR) is 78.1 cm³/mol. The molecule has 2 heterocycles. The van der Waals surface area contributed by atoms with Crippen molar-refractivity contribution in [1.82, 2.24) is 15.5 Å². The van der Waals surface area contributed by atoms with Gasteiger partial charge in [-0.1, -0.05) is 13.8 Å². The average molecular weight is 267 g/mol. The number of rotatable bonds is 4. The number of hydrogen-bond donors (Lipinski definition) is 2. The number of amides is 1. The van der Waals surface area contributed by atoms with Crippen LogP contribution in [0, 0.1) is 5.41 Å². The zero-order valence-electron chi connectivity index (χ0n) is 12.5. The van der Waals surface area contributed by atoms with Gasteiger partial charge in [0.25, 0.3) is 0 Å². The third kappa shape index (κ3) is 3.48. The molecule has 2 atom stereocenters. The Morgan fingerprint density at radius 3 is 2.89 bits per heavy atom. The first-order valence-electron chi connectivity index (χ1n) is 7.94. The summed E-state index contributed by atoms with van der Waals surface area (Å²) in [6.07, 6.45) is 5.43. The Morgan fingerprint density at radius 2 is 2.26 bits per heavy atom. The Bertz CT molecular complexity index is 300. The molecule has 0 saturated carbocycles. The van der Waals surface area contributed by atoms with Gasteiger partial charge in [0.2, 0.25) is 5.91 Å². The molecule has 0 spiro atoms. The van der Waals surface area contributed by atoms with Crippen LogP contribution < -0.4 is 10.6 Å². The van der Waals surface area contributed by atoms with Gasteiger partial charge in [-0.25, -0.2) is 0 Å². The summed E-state index contributed by atoms with van der Waals surface area (Å²) in [4.78, 5) is 15.1. The molecular formula is C15H29N3O. The molecule has 0 aromatic heterocycles. The van der Waals surface area contributed by atoms with Crippen molar-refractivity contribution in [2.45, 2.75) is 52.0 Å². The normalized spacial score (nSPS) is 33.1. The molecular weight excluding hydrogens is 238 g/mol. The first-order valence-corrected chi connectivity index (χ1v) is 7.94. The highest BCUT2D eigenvalue weighted by Crippen LogP contribution is 2.30. The third-order valence-electron chi connectivity index (χ3n) is 4.92. The smallest absolute Gasteiger partial charge is 0.227 e. The fourth-order valence-electron chi connectivity index (χ4n) is 3.42. The summed E-state index contributed by atoms with van der Waals surface area (Å²) in [5, 5.41) is 6.72. The highest BCUT2D eigenvalue weighted by atomic mass is 16.2. The summed E-state index contributed by atoms with van der Waals surface area (Å²) in [6, 6.07) is 0.353. The molecule has 110 valence electrons. The van der Waals surface area contributed by atoms with E-state index in [9.17, 15) is 4.79 Å². The molecule has 0 aromatic carbocycles. The van der Waals surface area contributed by atoms with Crippen LogP contribution >= 0.6 is 0 Å².